The van der Waals surface area contributed by atoms with Crippen LogP contribution in [0.2, 0.25) is 0 Å². The smallest absolute Gasteiger partial charge is 0.212 e. The first-order valence-electron chi connectivity index (χ1n) is 7.39. The lowest BCUT2D eigenvalue weighted by Gasteiger charge is -2.19. The molecule has 0 saturated carbocycles. The van der Waals surface area contributed by atoms with Crippen LogP contribution in [0.25, 0.3) is 0 Å². The maximum absolute atomic E-state index is 13.5. The van der Waals surface area contributed by atoms with Crippen LogP contribution in [0.5, 0.6) is 0 Å². The second-order valence-corrected chi connectivity index (χ2v) is 7.25. The van der Waals surface area contributed by atoms with E-state index in [0.29, 0.717) is 17.5 Å². The van der Waals surface area contributed by atoms with E-state index < -0.39 is 27.7 Å². The van der Waals surface area contributed by atoms with Crippen molar-refractivity contribution in [1.29, 1.82) is 0 Å². The molecule has 124 valence electrons. The van der Waals surface area contributed by atoms with Gasteiger partial charge in [0.15, 0.2) is 0 Å². The quantitative estimate of drug-likeness (QED) is 0.838. The minimum absolute atomic E-state index is 0.0119. The van der Waals surface area contributed by atoms with Crippen LogP contribution in [-0.4, -0.2) is 14.2 Å². The van der Waals surface area contributed by atoms with Gasteiger partial charge < -0.3 is 0 Å². The Bertz CT molecular complexity index is 763. The van der Waals surface area contributed by atoms with Crippen molar-refractivity contribution in [2.45, 2.75) is 25.8 Å². The number of nitrogens with one attached hydrogen (secondary N) is 1. The highest BCUT2D eigenvalue weighted by Gasteiger charge is 2.20. The second kappa shape index (κ2) is 7.66. The van der Waals surface area contributed by atoms with Gasteiger partial charge in [-0.2, -0.15) is 0 Å². The summed E-state index contributed by atoms with van der Waals surface area (Å²) in [6.45, 7) is 1.77. The Balaban J connectivity index is 2.31. The molecule has 2 rings (SSSR count). The number of halogens is 2. The fourth-order valence-corrected chi connectivity index (χ4v) is 3.70. The predicted octanol–water partition coefficient (Wildman–Crippen LogP) is 3.58. The topological polar surface area (TPSA) is 46.2 Å². The summed E-state index contributed by atoms with van der Waals surface area (Å²) in [6.07, 6.45) is 0.718. The van der Waals surface area contributed by atoms with E-state index in [1.165, 1.54) is 30.3 Å². The van der Waals surface area contributed by atoms with E-state index in [1.807, 2.05) is 0 Å². The van der Waals surface area contributed by atoms with Crippen LogP contribution in [0.1, 0.15) is 30.5 Å². The highest BCUT2D eigenvalue weighted by Crippen LogP contribution is 2.21. The number of hydrogen-bond donors (Lipinski definition) is 1. The molecule has 3 nitrogen and oxygen atoms in total. The molecule has 0 bridgehead atoms. The van der Waals surface area contributed by atoms with Crippen molar-refractivity contribution < 1.29 is 17.2 Å². The third-order valence-corrected chi connectivity index (χ3v) is 4.96. The van der Waals surface area contributed by atoms with Crippen LogP contribution in [0, 0.1) is 11.6 Å². The van der Waals surface area contributed by atoms with Gasteiger partial charge in [-0.25, -0.2) is 21.9 Å². The summed E-state index contributed by atoms with van der Waals surface area (Å²) in [5.74, 6) is -0.847. The molecule has 0 radical (unpaired) electrons. The molecule has 0 fully saturated rings. The third kappa shape index (κ3) is 5.41. The van der Waals surface area contributed by atoms with Crippen molar-refractivity contribution in [2.75, 3.05) is 5.75 Å². The second-order valence-electron chi connectivity index (χ2n) is 5.38. The summed E-state index contributed by atoms with van der Waals surface area (Å²) in [5.41, 5.74) is 1.15. The van der Waals surface area contributed by atoms with E-state index in [1.54, 1.807) is 25.1 Å². The Morgan fingerprint density at radius 1 is 1.04 bits per heavy atom. The molecular weight excluding hydrogens is 320 g/mol. The minimum atomic E-state index is -3.49. The molecule has 6 heteroatoms. The van der Waals surface area contributed by atoms with E-state index >= 15 is 0 Å². The Morgan fingerprint density at radius 3 is 2.30 bits per heavy atom. The number of benzene rings is 2. The van der Waals surface area contributed by atoms with Crippen molar-refractivity contribution in [1.82, 2.24) is 4.72 Å². The van der Waals surface area contributed by atoms with E-state index in [-0.39, 0.29) is 12.2 Å². The third-order valence-electron chi connectivity index (χ3n) is 3.37. The van der Waals surface area contributed by atoms with Crippen LogP contribution >= 0.6 is 0 Å². The molecule has 2 aromatic carbocycles. The lowest BCUT2D eigenvalue weighted by Crippen LogP contribution is -2.32. The number of rotatable bonds is 7. The summed E-state index contributed by atoms with van der Waals surface area (Å²) in [6, 6.07) is 11.1. The molecule has 23 heavy (non-hydrogen) atoms. The lowest BCUT2D eigenvalue weighted by atomic mass is 9.99. The summed E-state index contributed by atoms with van der Waals surface area (Å²) in [7, 11) is -3.49. The van der Waals surface area contributed by atoms with Gasteiger partial charge in [0.25, 0.3) is 0 Å². The van der Waals surface area contributed by atoms with Gasteiger partial charge in [-0.05, 0) is 48.2 Å². The molecule has 1 atom stereocenters. The van der Waals surface area contributed by atoms with Crippen LogP contribution in [-0.2, 0) is 16.4 Å². The van der Waals surface area contributed by atoms with Crippen molar-refractivity contribution in [3.05, 3.63) is 71.3 Å². The van der Waals surface area contributed by atoms with Crippen molar-refractivity contribution >= 4 is 10.0 Å². The molecule has 2 aromatic rings. The van der Waals surface area contributed by atoms with E-state index in [0.717, 1.165) is 0 Å². The maximum atomic E-state index is 13.5. The molecule has 0 aliphatic heterocycles. The summed E-state index contributed by atoms with van der Waals surface area (Å²) in [5, 5.41) is 0. The minimum Gasteiger partial charge on any atom is -0.212 e. The summed E-state index contributed by atoms with van der Waals surface area (Å²) < 4.78 is 53.6. The number of sulfonamides is 1. The molecule has 0 spiro atoms. The van der Waals surface area contributed by atoms with Gasteiger partial charge in [0.05, 0.1) is 11.8 Å². The maximum Gasteiger partial charge on any atom is 0.212 e. The zero-order valence-electron chi connectivity index (χ0n) is 12.8. The first-order chi connectivity index (χ1) is 10.9. The van der Waals surface area contributed by atoms with Crippen molar-refractivity contribution in [2.24, 2.45) is 0 Å². The lowest BCUT2D eigenvalue weighted by molar-refractivity contribution is 0.549. The van der Waals surface area contributed by atoms with Crippen LogP contribution in [0.3, 0.4) is 0 Å². The molecule has 1 N–H and O–H groups in total. The van der Waals surface area contributed by atoms with Gasteiger partial charge in [0.1, 0.15) is 11.6 Å². The molecule has 0 aliphatic rings. The fraction of sp³-hybridized carbons (Fsp3) is 0.294. The van der Waals surface area contributed by atoms with Crippen LogP contribution in [0.4, 0.5) is 8.78 Å². The van der Waals surface area contributed by atoms with Crippen LogP contribution in [0.15, 0.2) is 48.5 Å². The Labute approximate surface area is 135 Å². The molecular formula is C17H19F2NO2S. The van der Waals surface area contributed by atoms with Gasteiger partial charge in [-0.1, -0.05) is 31.2 Å². The Hall–Kier alpha value is -1.79. The van der Waals surface area contributed by atoms with Gasteiger partial charge in [0.2, 0.25) is 10.0 Å². The molecule has 0 amide bonds. The summed E-state index contributed by atoms with van der Waals surface area (Å²) >= 11 is 0. The first kappa shape index (κ1) is 17.6. The fourth-order valence-electron chi connectivity index (χ4n) is 2.39. The largest absolute Gasteiger partial charge is 0.212 e. The zero-order chi connectivity index (χ0) is 16.9. The van der Waals surface area contributed by atoms with Crippen molar-refractivity contribution in [3.63, 3.8) is 0 Å². The average molecular weight is 339 g/mol. The molecule has 0 aliphatic carbocycles. The summed E-state index contributed by atoms with van der Waals surface area (Å²) in [4.78, 5) is 0. The van der Waals surface area contributed by atoms with Gasteiger partial charge in [0, 0.05) is 0 Å². The van der Waals surface area contributed by atoms with Gasteiger partial charge in [-0.15, -0.1) is 0 Å². The van der Waals surface area contributed by atoms with Gasteiger partial charge in [-0.3, -0.25) is 0 Å². The monoisotopic (exact) mass is 339 g/mol. The Morgan fingerprint density at radius 2 is 1.70 bits per heavy atom. The Kier molecular flexibility index (Phi) is 5.85. The van der Waals surface area contributed by atoms with E-state index in [2.05, 4.69) is 4.72 Å². The first-order valence-corrected chi connectivity index (χ1v) is 9.05. The van der Waals surface area contributed by atoms with E-state index in [9.17, 15) is 17.2 Å². The zero-order valence-corrected chi connectivity index (χ0v) is 13.6. The van der Waals surface area contributed by atoms with Gasteiger partial charge >= 0.3 is 0 Å². The van der Waals surface area contributed by atoms with Crippen molar-refractivity contribution in [3.8, 4) is 0 Å². The normalized spacial score (nSPS) is 13.0. The highest BCUT2D eigenvalue weighted by atomic mass is 32.2. The standard InChI is InChI=1S/C17H19F2NO2S/c1-2-9-23(21,22)20-17(14-6-4-8-16(19)12-14)11-13-5-3-7-15(18)10-13/h3-8,10,12,17,20H,2,9,11H2,1H3. The number of hydrogen-bond acceptors (Lipinski definition) is 2. The van der Waals surface area contributed by atoms with Crippen LogP contribution < -0.4 is 4.72 Å². The average Bonchev–Trinajstić information content (AvgIpc) is 2.46. The highest BCUT2D eigenvalue weighted by molar-refractivity contribution is 7.89. The SMILES string of the molecule is CCCS(=O)(=O)NC(Cc1cccc(F)c1)c1cccc(F)c1. The molecule has 0 saturated heterocycles. The molecule has 0 heterocycles. The molecule has 1 unspecified atom stereocenters. The predicted molar refractivity (Wildman–Crippen MR) is 86.5 cm³/mol. The molecule has 0 aromatic heterocycles. The van der Waals surface area contributed by atoms with E-state index in [4.69, 9.17) is 0 Å².